The lowest BCUT2D eigenvalue weighted by atomic mass is 9.95. The predicted octanol–water partition coefficient (Wildman–Crippen LogP) is 3.89. The van der Waals surface area contributed by atoms with Crippen molar-refractivity contribution in [1.29, 1.82) is 0 Å². The van der Waals surface area contributed by atoms with E-state index in [0.29, 0.717) is 21.3 Å². The van der Waals surface area contributed by atoms with E-state index in [1.165, 1.54) is 36.3 Å². The molecule has 2 aromatic carbocycles. The number of pyridine rings is 1. The maximum Gasteiger partial charge on any atom is 0.333 e. The molecule has 1 aliphatic rings. The molecule has 170 valence electrons. The number of aromatic amines is 1. The number of carbonyl (C=O) groups excluding carboxylic acids is 1. The van der Waals surface area contributed by atoms with Gasteiger partial charge in [0.2, 0.25) is 0 Å². The molecule has 1 atom stereocenters. The van der Waals surface area contributed by atoms with Gasteiger partial charge in [-0.3, -0.25) is 9.59 Å². The van der Waals surface area contributed by atoms with E-state index in [1.807, 2.05) is 0 Å². The molecule has 5 rings (SSSR count). The van der Waals surface area contributed by atoms with Crippen LogP contribution in [0.2, 0.25) is 0 Å². The number of hydrogen-bond acceptors (Lipinski definition) is 4. The van der Waals surface area contributed by atoms with Crippen molar-refractivity contribution in [3.8, 4) is 0 Å². The van der Waals surface area contributed by atoms with Crippen LogP contribution in [0.3, 0.4) is 0 Å². The van der Waals surface area contributed by atoms with Crippen LogP contribution in [0.5, 0.6) is 0 Å². The van der Waals surface area contributed by atoms with E-state index in [0.717, 1.165) is 12.1 Å². The Balaban J connectivity index is 1.58. The summed E-state index contributed by atoms with van der Waals surface area (Å²) in [6.45, 7) is -2.72. The van der Waals surface area contributed by atoms with Gasteiger partial charge in [0.15, 0.2) is 11.6 Å². The lowest BCUT2D eigenvalue weighted by Gasteiger charge is -2.34. The lowest BCUT2D eigenvalue weighted by molar-refractivity contribution is 0.0336. The van der Waals surface area contributed by atoms with Gasteiger partial charge < -0.3 is 14.6 Å². The molecule has 0 bridgehead atoms. The maximum atomic E-state index is 14.0. The first kappa shape index (κ1) is 21.1. The molecular formula is C22H16F4N4O3. The van der Waals surface area contributed by atoms with Crippen LogP contribution < -0.4 is 5.56 Å². The van der Waals surface area contributed by atoms with E-state index in [9.17, 15) is 27.2 Å². The number of ether oxygens (including phenoxy) is 1. The highest BCUT2D eigenvalue weighted by molar-refractivity contribution is 5.98. The summed E-state index contributed by atoms with van der Waals surface area (Å²) >= 11 is 0. The van der Waals surface area contributed by atoms with Crippen LogP contribution in [0.1, 0.15) is 34.2 Å². The number of carbonyl (C=O) groups is 1. The predicted molar refractivity (Wildman–Crippen MR) is 110 cm³/mol. The Labute approximate surface area is 183 Å². The van der Waals surface area contributed by atoms with Gasteiger partial charge >= 0.3 is 6.55 Å². The third-order valence-electron chi connectivity index (χ3n) is 5.86. The van der Waals surface area contributed by atoms with Gasteiger partial charge in [-0.1, -0.05) is 0 Å². The first-order chi connectivity index (χ1) is 15.8. The van der Waals surface area contributed by atoms with Crippen LogP contribution in [0.25, 0.3) is 21.7 Å². The fraction of sp³-hybridized carbons (Fsp3) is 0.227. The van der Waals surface area contributed by atoms with Gasteiger partial charge in [0.1, 0.15) is 0 Å². The first-order valence-electron chi connectivity index (χ1n) is 9.90. The second-order valence-electron chi connectivity index (χ2n) is 7.75. The molecule has 0 fully saturated rings. The van der Waals surface area contributed by atoms with Crippen LogP contribution in [0.15, 0.2) is 41.3 Å². The monoisotopic (exact) mass is 460 g/mol. The van der Waals surface area contributed by atoms with Crippen LogP contribution in [-0.4, -0.2) is 39.2 Å². The molecule has 0 aliphatic carbocycles. The molecule has 4 aromatic rings. The van der Waals surface area contributed by atoms with E-state index < -0.39 is 35.7 Å². The minimum absolute atomic E-state index is 0.0385. The fourth-order valence-electron chi connectivity index (χ4n) is 4.23. The number of alkyl halides is 2. The highest BCUT2D eigenvalue weighted by Gasteiger charge is 2.31. The van der Waals surface area contributed by atoms with Crippen molar-refractivity contribution in [3.05, 3.63) is 75.3 Å². The molecular weight excluding hydrogens is 444 g/mol. The van der Waals surface area contributed by atoms with Crippen LogP contribution in [0.4, 0.5) is 17.6 Å². The van der Waals surface area contributed by atoms with Gasteiger partial charge in [-0.2, -0.15) is 13.9 Å². The largest absolute Gasteiger partial charge is 0.373 e. The molecule has 2 aromatic heterocycles. The quantitative estimate of drug-likeness (QED) is 0.471. The summed E-state index contributed by atoms with van der Waals surface area (Å²) < 4.78 is 60.0. The molecule has 0 saturated carbocycles. The normalized spacial score (nSPS) is 15.9. The second kappa shape index (κ2) is 7.69. The Bertz CT molecular complexity index is 1480. The molecule has 1 aliphatic heterocycles. The van der Waals surface area contributed by atoms with Crippen molar-refractivity contribution in [3.63, 3.8) is 0 Å². The molecule has 33 heavy (non-hydrogen) atoms. The summed E-state index contributed by atoms with van der Waals surface area (Å²) in [6, 6.07) is 5.29. The van der Waals surface area contributed by atoms with Crippen molar-refractivity contribution >= 4 is 27.6 Å². The van der Waals surface area contributed by atoms with Crippen LogP contribution >= 0.6 is 0 Å². The SMILES string of the molecule is CN(C(=O)c1ccc2c(cnn2C(F)F)c1)[C@H]1COCc2[nH]c(=O)c3cc(F)c(F)cc3c21. The third-order valence-corrected chi connectivity index (χ3v) is 5.86. The number of halogens is 4. The number of amides is 1. The number of likely N-dealkylation sites (N-methyl/N-ethyl adjacent to an activating group) is 1. The van der Waals surface area contributed by atoms with Crippen LogP contribution in [0, 0.1) is 11.6 Å². The number of nitrogens with one attached hydrogen (secondary N) is 1. The molecule has 1 amide bonds. The zero-order valence-corrected chi connectivity index (χ0v) is 17.1. The molecule has 1 N–H and O–H groups in total. The van der Waals surface area contributed by atoms with Crippen molar-refractivity contribution < 1.29 is 27.1 Å². The van der Waals surface area contributed by atoms with Crippen molar-refractivity contribution in [2.75, 3.05) is 13.7 Å². The number of fused-ring (bicyclic) bond motifs is 4. The topological polar surface area (TPSA) is 80.2 Å². The number of rotatable bonds is 3. The summed E-state index contributed by atoms with van der Waals surface area (Å²) in [7, 11) is 1.51. The van der Waals surface area contributed by atoms with E-state index in [2.05, 4.69) is 10.1 Å². The first-order valence-corrected chi connectivity index (χ1v) is 9.90. The summed E-state index contributed by atoms with van der Waals surface area (Å²) in [5.41, 5.74) is 0.621. The number of benzene rings is 2. The Morgan fingerprint density at radius 1 is 1.21 bits per heavy atom. The molecule has 0 radical (unpaired) electrons. The molecule has 0 unspecified atom stereocenters. The highest BCUT2D eigenvalue weighted by Crippen LogP contribution is 2.34. The van der Waals surface area contributed by atoms with Gasteiger partial charge in [-0.05, 0) is 35.7 Å². The van der Waals surface area contributed by atoms with E-state index in [-0.39, 0.29) is 35.1 Å². The molecule has 7 nitrogen and oxygen atoms in total. The fourth-order valence-corrected chi connectivity index (χ4v) is 4.23. The van der Waals surface area contributed by atoms with Crippen molar-refractivity contribution in [1.82, 2.24) is 19.7 Å². The summed E-state index contributed by atoms with van der Waals surface area (Å²) in [5, 5.41) is 4.15. The van der Waals surface area contributed by atoms with Gasteiger partial charge in [-0.25, -0.2) is 13.5 Å². The summed E-state index contributed by atoms with van der Waals surface area (Å²) in [4.78, 5) is 29.6. The summed E-state index contributed by atoms with van der Waals surface area (Å²) in [5.74, 6) is -2.72. The molecule has 3 heterocycles. The molecule has 11 heteroatoms. The maximum absolute atomic E-state index is 14.0. The van der Waals surface area contributed by atoms with Gasteiger partial charge in [0.25, 0.3) is 11.5 Å². The molecule has 0 saturated heterocycles. The Hall–Kier alpha value is -3.73. The lowest BCUT2D eigenvalue weighted by Crippen LogP contribution is -2.37. The summed E-state index contributed by atoms with van der Waals surface area (Å²) in [6.07, 6.45) is 1.24. The molecule has 0 spiro atoms. The van der Waals surface area contributed by atoms with E-state index in [1.54, 1.807) is 0 Å². The number of aromatic nitrogens is 3. The highest BCUT2D eigenvalue weighted by atomic mass is 19.3. The average molecular weight is 460 g/mol. The van der Waals surface area contributed by atoms with Gasteiger partial charge in [0.05, 0.1) is 36.4 Å². The van der Waals surface area contributed by atoms with Crippen LogP contribution in [-0.2, 0) is 11.3 Å². The Kier molecular flexibility index (Phi) is 4.93. The van der Waals surface area contributed by atoms with Gasteiger partial charge in [-0.15, -0.1) is 0 Å². The number of nitrogens with zero attached hydrogens (tertiary/aromatic N) is 3. The Morgan fingerprint density at radius 3 is 2.67 bits per heavy atom. The Morgan fingerprint density at radius 2 is 1.94 bits per heavy atom. The van der Waals surface area contributed by atoms with Gasteiger partial charge in [0, 0.05) is 29.3 Å². The van der Waals surface area contributed by atoms with Crippen molar-refractivity contribution in [2.24, 2.45) is 0 Å². The van der Waals surface area contributed by atoms with E-state index in [4.69, 9.17) is 4.74 Å². The van der Waals surface area contributed by atoms with Crippen molar-refractivity contribution in [2.45, 2.75) is 19.2 Å². The smallest absolute Gasteiger partial charge is 0.333 e. The second-order valence-corrected chi connectivity index (χ2v) is 7.75. The standard InChI is InChI=1S/C22H16F4N4O3/c1-29(21(32)10-2-3-17-11(4-10)7-27-30(17)22(25)26)18-9-33-8-16-19(18)12-5-14(23)15(24)6-13(12)20(31)28-16/h2-7,18,22H,8-9H2,1H3,(H,28,31)/t18-/m0/s1. The zero-order chi connectivity index (χ0) is 23.4. The third kappa shape index (κ3) is 3.35. The average Bonchev–Trinajstić information content (AvgIpc) is 3.22. The number of H-pyrrole nitrogens is 1. The minimum Gasteiger partial charge on any atom is -0.373 e. The minimum atomic E-state index is -2.82. The van der Waals surface area contributed by atoms with E-state index >= 15 is 0 Å². The zero-order valence-electron chi connectivity index (χ0n) is 17.1. The number of hydrogen-bond donors (Lipinski definition) is 1.